The highest BCUT2D eigenvalue weighted by Crippen LogP contribution is 2.48. The highest BCUT2D eigenvalue weighted by molar-refractivity contribution is 5.80. The van der Waals surface area contributed by atoms with Crippen LogP contribution in [0.1, 0.15) is 37.3 Å². The molecule has 0 N–H and O–H groups in total. The van der Waals surface area contributed by atoms with E-state index in [0.717, 1.165) is 76.4 Å². The van der Waals surface area contributed by atoms with Gasteiger partial charge in [0.25, 0.3) is 0 Å². The summed E-state index contributed by atoms with van der Waals surface area (Å²) >= 11 is 0. The van der Waals surface area contributed by atoms with E-state index in [0.29, 0.717) is 12.5 Å². The van der Waals surface area contributed by atoms with E-state index in [1.807, 2.05) is 4.90 Å². The van der Waals surface area contributed by atoms with E-state index in [1.54, 1.807) is 19.2 Å². The number of rotatable bonds is 4. The number of carbonyl (C=O) groups is 1. The molecule has 0 aliphatic carbocycles. The average Bonchev–Trinajstić information content (AvgIpc) is 3.18. The second-order valence-electron chi connectivity index (χ2n) is 9.48. The molecular formula is C24H33FN2O4. The number of benzene rings is 1. The van der Waals surface area contributed by atoms with Gasteiger partial charge in [-0.1, -0.05) is 0 Å². The number of methoxy groups -OCH3 is 1. The van der Waals surface area contributed by atoms with Gasteiger partial charge in [0.05, 0.1) is 18.6 Å². The molecule has 0 bridgehead atoms. The smallest absolute Gasteiger partial charge is 0.227 e. The van der Waals surface area contributed by atoms with Crippen molar-refractivity contribution >= 4 is 5.91 Å². The molecule has 1 aromatic rings. The Morgan fingerprint density at radius 1 is 1.19 bits per heavy atom. The Kier molecular flexibility index (Phi) is 6.17. The van der Waals surface area contributed by atoms with Crippen molar-refractivity contribution in [2.45, 2.75) is 37.8 Å². The third kappa shape index (κ3) is 4.20. The number of likely N-dealkylation sites (tertiary alicyclic amines) is 2. The summed E-state index contributed by atoms with van der Waals surface area (Å²) in [6.07, 6.45) is 4.12. The zero-order chi connectivity index (χ0) is 21.4. The van der Waals surface area contributed by atoms with E-state index < -0.39 is 0 Å². The van der Waals surface area contributed by atoms with Crippen LogP contribution in [0.2, 0.25) is 0 Å². The molecule has 5 rings (SSSR count). The van der Waals surface area contributed by atoms with Crippen molar-refractivity contribution in [3.8, 4) is 5.75 Å². The standard InChI is InChI=1S/C24H33FN2O4/c1-29-18-4-8-26(9-5-18)24(28)20-14-27(13-16-6-10-30-11-7-16)23-19-12-17(25)2-3-22(19)31-15-21(20)23/h2-3,12,16,18,20-21,23H,4-11,13-15H2,1H3/t20-,21+,23+/m1/s1. The molecule has 3 saturated heterocycles. The van der Waals surface area contributed by atoms with Crippen molar-refractivity contribution in [1.82, 2.24) is 9.80 Å². The third-order valence-corrected chi connectivity index (χ3v) is 7.71. The first-order chi connectivity index (χ1) is 15.1. The molecule has 4 aliphatic heterocycles. The molecule has 1 aromatic carbocycles. The molecule has 0 unspecified atom stereocenters. The molecule has 3 atom stereocenters. The summed E-state index contributed by atoms with van der Waals surface area (Å²) in [6.45, 7) is 5.26. The molecule has 0 saturated carbocycles. The Balaban J connectivity index is 1.38. The van der Waals surface area contributed by atoms with Gasteiger partial charge in [0.2, 0.25) is 5.91 Å². The number of nitrogens with zero attached hydrogens (tertiary/aromatic N) is 2. The van der Waals surface area contributed by atoms with Crippen molar-refractivity contribution in [1.29, 1.82) is 0 Å². The van der Waals surface area contributed by atoms with E-state index in [-0.39, 0.29) is 35.7 Å². The quantitative estimate of drug-likeness (QED) is 0.732. The zero-order valence-electron chi connectivity index (χ0n) is 18.3. The van der Waals surface area contributed by atoms with Crippen molar-refractivity contribution < 1.29 is 23.4 Å². The van der Waals surface area contributed by atoms with Crippen LogP contribution in [0.15, 0.2) is 18.2 Å². The molecule has 4 heterocycles. The minimum absolute atomic E-state index is 0.0350. The fraction of sp³-hybridized carbons (Fsp3) is 0.708. The minimum atomic E-state index is -0.245. The fourth-order valence-electron chi connectivity index (χ4n) is 5.95. The second-order valence-corrected chi connectivity index (χ2v) is 9.48. The molecule has 7 heteroatoms. The Hall–Kier alpha value is -1.70. The van der Waals surface area contributed by atoms with E-state index in [9.17, 15) is 9.18 Å². The number of hydrogen-bond acceptors (Lipinski definition) is 5. The third-order valence-electron chi connectivity index (χ3n) is 7.71. The molecule has 0 spiro atoms. The maximum atomic E-state index is 14.2. The fourth-order valence-corrected chi connectivity index (χ4v) is 5.95. The monoisotopic (exact) mass is 432 g/mol. The van der Waals surface area contributed by atoms with Crippen LogP contribution in [0.4, 0.5) is 4.39 Å². The summed E-state index contributed by atoms with van der Waals surface area (Å²) in [5.41, 5.74) is 0.900. The van der Waals surface area contributed by atoms with Gasteiger partial charge in [0.1, 0.15) is 11.6 Å². The normalized spacial score (nSPS) is 30.0. The number of carbonyl (C=O) groups excluding carboxylic acids is 1. The Bertz CT molecular complexity index is 792. The highest BCUT2D eigenvalue weighted by Gasteiger charge is 2.50. The van der Waals surface area contributed by atoms with Crippen LogP contribution in [0.25, 0.3) is 0 Å². The van der Waals surface area contributed by atoms with Gasteiger partial charge < -0.3 is 19.1 Å². The Morgan fingerprint density at radius 2 is 1.97 bits per heavy atom. The van der Waals surface area contributed by atoms with Crippen molar-refractivity contribution in [3.63, 3.8) is 0 Å². The first kappa shape index (κ1) is 21.2. The summed E-state index contributed by atoms with van der Waals surface area (Å²) in [4.78, 5) is 18.0. The van der Waals surface area contributed by atoms with Crippen LogP contribution in [0, 0.1) is 23.6 Å². The number of fused-ring (bicyclic) bond motifs is 3. The molecular weight excluding hydrogens is 399 g/mol. The number of ether oxygens (including phenoxy) is 3. The number of halogens is 1. The first-order valence-electron chi connectivity index (χ1n) is 11.7. The van der Waals surface area contributed by atoms with E-state index in [1.165, 1.54) is 6.07 Å². The van der Waals surface area contributed by atoms with Crippen LogP contribution in [-0.4, -0.2) is 74.9 Å². The Labute approximate surface area is 183 Å². The lowest BCUT2D eigenvalue weighted by molar-refractivity contribution is -0.139. The van der Waals surface area contributed by atoms with Gasteiger partial charge in [0, 0.05) is 64.0 Å². The predicted molar refractivity (Wildman–Crippen MR) is 113 cm³/mol. The lowest BCUT2D eigenvalue weighted by Gasteiger charge is -2.37. The summed E-state index contributed by atoms with van der Waals surface area (Å²) in [5.74, 6) is 1.24. The lowest BCUT2D eigenvalue weighted by atomic mass is 9.84. The number of piperidine rings is 1. The van der Waals surface area contributed by atoms with E-state index in [4.69, 9.17) is 14.2 Å². The summed E-state index contributed by atoms with van der Waals surface area (Å²) in [5, 5.41) is 0. The maximum Gasteiger partial charge on any atom is 0.227 e. The predicted octanol–water partition coefficient (Wildman–Crippen LogP) is 2.87. The van der Waals surface area contributed by atoms with Crippen LogP contribution in [-0.2, 0) is 14.3 Å². The number of amides is 1. The van der Waals surface area contributed by atoms with Gasteiger partial charge in [-0.3, -0.25) is 9.69 Å². The number of hydrogen-bond donors (Lipinski definition) is 0. The van der Waals surface area contributed by atoms with Crippen LogP contribution >= 0.6 is 0 Å². The summed E-state index contributed by atoms with van der Waals surface area (Å²) < 4.78 is 31.2. The average molecular weight is 433 g/mol. The Morgan fingerprint density at radius 3 is 2.71 bits per heavy atom. The van der Waals surface area contributed by atoms with Crippen molar-refractivity contribution in [3.05, 3.63) is 29.6 Å². The summed E-state index contributed by atoms with van der Waals surface area (Å²) in [7, 11) is 1.74. The minimum Gasteiger partial charge on any atom is -0.493 e. The molecule has 31 heavy (non-hydrogen) atoms. The summed E-state index contributed by atoms with van der Waals surface area (Å²) in [6, 6.07) is 4.84. The molecule has 6 nitrogen and oxygen atoms in total. The van der Waals surface area contributed by atoms with Crippen LogP contribution in [0.5, 0.6) is 5.75 Å². The largest absolute Gasteiger partial charge is 0.493 e. The maximum absolute atomic E-state index is 14.2. The second kappa shape index (κ2) is 9.04. The molecule has 0 radical (unpaired) electrons. The van der Waals surface area contributed by atoms with E-state index >= 15 is 0 Å². The van der Waals surface area contributed by atoms with Gasteiger partial charge in [0.15, 0.2) is 0 Å². The van der Waals surface area contributed by atoms with Gasteiger partial charge in [-0.2, -0.15) is 0 Å². The van der Waals surface area contributed by atoms with Crippen LogP contribution < -0.4 is 4.74 Å². The van der Waals surface area contributed by atoms with E-state index in [2.05, 4.69) is 4.90 Å². The lowest BCUT2D eigenvalue weighted by Crippen LogP contribution is -2.46. The molecule has 1 amide bonds. The van der Waals surface area contributed by atoms with Gasteiger partial charge in [-0.15, -0.1) is 0 Å². The molecule has 4 aliphatic rings. The van der Waals surface area contributed by atoms with Gasteiger partial charge >= 0.3 is 0 Å². The first-order valence-corrected chi connectivity index (χ1v) is 11.7. The van der Waals surface area contributed by atoms with Crippen LogP contribution in [0.3, 0.4) is 0 Å². The highest BCUT2D eigenvalue weighted by atomic mass is 19.1. The van der Waals surface area contributed by atoms with Crippen molar-refractivity contribution in [2.24, 2.45) is 17.8 Å². The van der Waals surface area contributed by atoms with Gasteiger partial charge in [-0.05, 0) is 49.8 Å². The molecule has 170 valence electrons. The topological polar surface area (TPSA) is 51.2 Å². The van der Waals surface area contributed by atoms with Gasteiger partial charge in [-0.25, -0.2) is 4.39 Å². The molecule has 3 fully saturated rings. The van der Waals surface area contributed by atoms with Crippen molar-refractivity contribution in [2.75, 3.05) is 53.1 Å². The molecule has 0 aromatic heterocycles. The SMILES string of the molecule is COC1CCN(C(=O)[C@@H]2CN(CC3CCOCC3)[C@H]3c4cc(F)ccc4OC[C@@H]23)CC1. The zero-order valence-corrected chi connectivity index (χ0v) is 18.3.